The van der Waals surface area contributed by atoms with E-state index < -0.39 is 12.1 Å². The molecular formula is C32H38F3N. The van der Waals surface area contributed by atoms with E-state index in [0.29, 0.717) is 24.3 Å². The van der Waals surface area contributed by atoms with Crippen LogP contribution in [0.2, 0.25) is 0 Å². The molecule has 2 unspecified atom stereocenters. The highest BCUT2D eigenvalue weighted by Crippen LogP contribution is 2.44. The molecule has 0 saturated heterocycles. The van der Waals surface area contributed by atoms with Crippen molar-refractivity contribution in [3.8, 4) is 0 Å². The first-order chi connectivity index (χ1) is 17.1. The molecule has 192 valence electrons. The van der Waals surface area contributed by atoms with Gasteiger partial charge in [0, 0.05) is 30.3 Å². The minimum Gasteiger partial charge on any atom is -0.364 e. The van der Waals surface area contributed by atoms with Crippen LogP contribution in [-0.4, -0.2) is 10.9 Å². The molecular weight excluding hydrogens is 455 g/mol. The number of aromatic amines is 1. The van der Waals surface area contributed by atoms with E-state index in [0.717, 1.165) is 40.8 Å². The highest BCUT2D eigenvalue weighted by molar-refractivity contribution is 5.87. The number of rotatable bonds is 6. The average Bonchev–Trinajstić information content (AvgIpc) is 3.18. The molecule has 2 atom stereocenters. The standard InChI is InChI=1S/C32H38F3N/c1-6-26(31-20(2)19-36-23(31)5)18-29-16-25(15-24-11-13-32(34,35)14-12-24)17-30(21(29)3)28-9-7-27(8-10-28)22(4)33/h6-10,17-19,22,24-25,36H,3,11-16H2,1-2,4-5H3/b26-6+,29-18-. The molecule has 2 aliphatic rings. The van der Waals surface area contributed by atoms with Gasteiger partial charge < -0.3 is 4.98 Å². The molecule has 1 fully saturated rings. The predicted molar refractivity (Wildman–Crippen MR) is 145 cm³/mol. The maximum absolute atomic E-state index is 13.8. The van der Waals surface area contributed by atoms with E-state index in [-0.39, 0.29) is 18.8 Å². The Morgan fingerprint density at radius 2 is 1.83 bits per heavy atom. The first-order valence-electron chi connectivity index (χ1n) is 13.1. The Hall–Kier alpha value is -2.75. The molecule has 0 bridgehead atoms. The smallest absolute Gasteiger partial charge is 0.248 e. The van der Waals surface area contributed by atoms with Gasteiger partial charge in [-0.1, -0.05) is 49.1 Å². The zero-order valence-electron chi connectivity index (χ0n) is 21.9. The summed E-state index contributed by atoms with van der Waals surface area (Å²) < 4.78 is 41.3. The molecule has 0 spiro atoms. The van der Waals surface area contributed by atoms with Crippen molar-refractivity contribution in [1.82, 2.24) is 4.98 Å². The number of alkyl halides is 3. The molecule has 4 heteroatoms. The van der Waals surface area contributed by atoms with E-state index >= 15 is 0 Å². The Balaban J connectivity index is 1.68. The molecule has 36 heavy (non-hydrogen) atoms. The molecule has 0 amide bonds. The third kappa shape index (κ3) is 5.79. The Kier molecular flexibility index (Phi) is 7.82. The van der Waals surface area contributed by atoms with Crippen molar-refractivity contribution >= 4 is 11.1 Å². The van der Waals surface area contributed by atoms with Crippen LogP contribution in [-0.2, 0) is 0 Å². The Labute approximate surface area is 213 Å². The summed E-state index contributed by atoms with van der Waals surface area (Å²) in [5.41, 5.74) is 9.59. The molecule has 1 saturated carbocycles. The predicted octanol–water partition coefficient (Wildman–Crippen LogP) is 9.87. The van der Waals surface area contributed by atoms with Gasteiger partial charge in [-0.05, 0) is 104 Å². The summed E-state index contributed by atoms with van der Waals surface area (Å²) in [6.07, 6.45) is 10.6. The average molecular weight is 494 g/mol. The van der Waals surface area contributed by atoms with Gasteiger partial charge in [-0.15, -0.1) is 0 Å². The quantitative estimate of drug-likeness (QED) is 0.412. The third-order valence-corrected chi connectivity index (χ3v) is 7.95. The number of nitrogens with one attached hydrogen (secondary N) is 1. The molecule has 2 aromatic rings. The number of allylic oxidation sites excluding steroid dienone is 7. The first-order valence-corrected chi connectivity index (χ1v) is 13.1. The Morgan fingerprint density at radius 1 is 1.17 bits per heavy atom. The molecule has 1 N–H and O–H groups in total. The van der Waals surface area contributed by atoms with Crippen molar-refractivity contribution in [2.45, 2.75) is 78.3 Å². The van der Waals surface area contributed by atoms with Crippen molar-refractivity contribution in [1.29, 1.82) is 0 Å². The zero-order valence-corrected chi connectivity index (χ0v) is 21.9. The second kappa shape index (κ2) is 10.7. The zero-order chi connectivity index (χ0) is 26.0. The van der Waals surface area contributed by atoms with Gasteiger partial charge in [-0.2, -0.15) is 0 Å². The summed E-state index contributed by atoms with van der Waals surface area (Å²) in [5.74, 6) is -1.95. The molecule has 1 heterocycles. The molecule has 1 aromatic heterocycles. The van der Waals surface area contributed by atoms with Crippen LogP contribution >= 0.6 is 0 Å². The summed E-state index contributed by atoms with van der Waals surface area (Å²) in [4.78, 5) is 3.32. The topological polar surface area (TPSA) is 15.8 Å². The highest BCUT2D eigenvalue weighted by atomic mass is 19.3. The lowest BCUT2D eigenvalue weighted by Crippen LogP contribution is -2.26. The summed E-state index contributed by atoms with van der Waals surface area (Å²) in [6.45, 7) is 12.3. The summed E-state index contributed by atoms with van der Waals surface area (Å²) in [6, 6.07) is 7.63. The van der Waals surface area contributed by atoms with Crippen LogP contribution in [0.4, 0.5) is 13.2 Å². The van der Waals surface area contributed by atoms with Crippen LogP contribution in [0.25, 0.3) is 11.1 Å². The lowest BCUT2D eigenvalue weighted by atomic mass is 9.74. The molecule has 1 aromatic carbocycles. The van der Waals surface area contributed by atoms with Gasteiger partial charge in [0.2, 0.25) is 5.92 Å². The monoisotopic (exact) mass is 493 g/mol. The SMILES string of the molecule is C=C1C(c2ccc(C(C)F)cc2)=CC(CC2CCC(F)(F)CC2)C/C1=C/C(=C\C)c1c(C)c[nH]c1C. The van der Waals surface area contributed by atoms with Crippen molar-refractivity contribution in [2.75, 3.05) is 0 Å². The largest absolute Gasteiger partial charge is 0.364 e. The molecule has 0 aliphatic heterocycles. The Morgan fingerprint density at radius 3 is 2.39 bits per heavy atom. The fourth-order valence-electron chi connectivity index (χ4n) is 5.82. The van der Waals surface area contributed by atoms with E-state index in [1.807, 2.05) is 30.5 Å². The maximum atomic E-state index is 13.8. The van der Waals surface area contributed by atoms with Crippen LogP contribution in [0.15, 0.2) is 66.4 Å². The van der Waals surface area contributed by atoms with Gasteiger partial charge in [-0.3, -0.25) is 0 Å². The van der Waals surface area contributed by atoms with Crippen LogP contribution in [0, 0.1) is 25.7 Å². The first kappa shape index (κ1) is 26.3. The lowest BCUT2D eigenvalue weighted by molar-refractivity contribution is -0.0474. The molecule has 0 radical (unpaired) electrons. The van der Waals surface area contributed by atoms with E-state index in [1.165, 1.54) is 16.7 Å². The minimum absolute atomic E-state index is 0.00595. The van der Waals surface area contributed by atoms with Crippen LogP contribution < -0.4 is 0 Å². The van der Waals surface area contributed by atoms with Crippen molar-refractivity contribution < 1.29 is 13.2 Å². The maximum Gasteiger partial charge on any atom is 0.248 e. The normalized spacial score (nSPS) is 23.1. The summed E-state index contributed by atoms with van der Waals surface area (Å²) in [7, 11) is 0. The van der Waals surface area contributed by atoms with Crippen molar-refractivity contribution in [2.24, 2.45) is 11.8 Å². The number of benzene rings is 1. The van der Waals surface area contributed by atoms with Gasteiger partial charge in [0.05, 0.1) is 0 Å². The molecule has 1 nitrogen and oxygen atoms in total. The summed E-state index contributed by atoms with van der Waals surface area (Å²) in [5, 5.41) is 0. The highest BCUT2D eigenvalue weighted by Gasteiger charge is 2.36. The van der Waals surface area contributed by atoms with Crippen LogP contribution in [0.1, 0.15) is 86.5 Å². The van der Waals surface area contributed by atoms with Gasteiger partial charge in [0.25, 0.3) is 0 Å². The fraction of sp³-hybridized carbons (Fsp3) is 0.438. The second-order valence-electron chi connectivity index (χ2n) is 10.7. The van der Waals surface area contributed by atoms with Gasteiger partial charge in [-0.25, -0.2) is 13.2 Å². The van der Waals surface area contributed by atoms with Crippen molar-refractivity contribution in [3.05, 3.63) is 94.4 Å². The number of halogens is 3. The number of aryl methyl sites for hydroxylation is 2. The van der Waals surface area contributed by atoms with E-state index in [9.17, 15) is 13.2 Å². The molecule has 2 aliphatic carbocycles. The number of H-pyrrole nitrogens is 1. The van der Waals surface area contributed by atoms with E-state index in [1.54, 1.807) is 6.92 Å². The van der Waals surface area contributed by atoms with E-state index in [4.69, 9.17) is 0 Å². The van der Waals surface area contributed by atoms with Crippen molar-refractivity contribution in [3.63, 3.8) is 0 Å². The number of aromatic nitrogens is 1. The van der Waals surface area contributed by atoms with E-state index in [2.05, 4.69) is 50.6 Å². The number of hydrogen-bond donors (Lipinski definition) is 1. The number of hydrogen-bond acceptors (Lipinski definition) is 0. The molecule has 4 rings (SSSR count). The third-order valence-electron chi connectivity index (χ3n) is 7.95. The Bertz CT molecular complexity index is 1160. The van der Waals surface area contributed by atoms with Gasteiger partial charge in [0.15, 0.2) is 0 Å². The summed E-state index contributed by atoms with van der Waals surface area (Å²) >= 11 is 0. The lowest BCUT2D eigenvalue weighted by Gasteiger charge is -2.33. The van der Waals surface area contributed by atoms with Gasteiger partial charge in [0.1, 0.15) is 6.17 Å². The van der Waals surface area contributed by atoms with Crippen LogP contribution in [0.3, 0.4) is 0 Å². The van der Waals surface area contributed by atoms with Gasteiger partial charge >= 0.3 is 0 Å². The van der Waals surface area contributed by atoms with Crippen LogP contribution in [0.5, 0.6) is 0 Å². The minimum atomic E-state index is -2.51. The second-order valence-corrected chi connectivity index (χ2v) is 10.7. The fourth-order valence-corrected chi connectivity index (χ4v) is 5.82.